The molecule has 0 saturated heterocycles. The molecule has 88 valence electrons. The Labute approximate surface area is 95.2 Å². The molecule has 2 amide bonds. The molecule has 1 aliphatic rings. The Morgan fingerprint density at radius 2 is 2.31 bits per heavy atom. The summed E-state index contributed by atoms with van der Waals surface area (Å²) in [6.07, 6.45) is 8.13. The minimum Gasteiger partial charge on any atom is -0.335 e. The summed E-state index contributed by atoms with van der Waals surface area (Å²) in [5, 5.41) is 9.85. The van der Waals surface area contributed by atoms with Crippen LogP contribution in [0.4, 0.5) is 10.5 Å². The van der Waals surface area contributed by atoms with E-state index in [0.29, 0.717) is 6.04 Å². The number of aryl methyl sites for hydroxylation is 1. The van der Waals surface area contributed by atoms with Crippen LogP contribution in [-0.2, 0) is 6.54 Å². The fraction of sp³-hybridized carbons (Fsp3) is 0.636. The van der Waals surface area contributed by atoms with Crippen LogP contribution in [0.3, 0.4) is 0 Å². The van der Waals surface area contributed by atoms with E-state index in [4.69, 9.17) is 0 Å². The van der Waals surface area contributed by atoms with E-state index in [1.807, 2.05) is 13.1 Å². The molecule has 1 aromatic heterocycles. The van der Waals surface area contributed by atoms with Crippen molar-refractivity contribution in [2.45, 2.75) is 45.2 Å². The number of nitrogens with zero attached hydrogens (tertiary/aromatic N) is 2. The molecule has 2 N–H and O–H groups in total. The van der Waals surface area contributed by atoms with Gasteiger partial charge in [-0.15, -0.1) is 0 Å². The second kappa shape index (κ2) is 5.01. The van der Waals surface area contributed by atoms with Gasteiger partial charge in [-0.3, -0.25) is 4.68 Å². The maximum absolute atomic E-state index is 11.6. The molecule has 0 bridgehead atoms. The number of anilines is 1. The fourth-order valence-electron chi connectivity index (χ4n) is 2.02. The Bertz CT molecular complexity index is 355. The van der Waals surface area contributed by atoms with Crippen molar-refractivity contribution in [2.75, 3.05) is 5.32 Å². The van der Waals surface area contributed by atoms with E-state index in [-0.39, 0.29) is 6.03 Å². The van der Waals surface area contributed by atoms with Gasteiger partial charge >= 0.3 is 6.03 Å². The van der Waals surface area contributed by atoms with Gasteiger partial charge in [0.05, 0.1) is 11.9 Å². The van der Waals surface area contributed by atoms with Crippen molar-refractivity contribution in [1.29, 1.82) is 0 Å². The quantitative estimate of drug-likeness (QED) is 0.821. The lowest BCUT2D eigenvalue weighted by molar-refractivity contribution is 0.248. The molecule has 1 saturated carbocycles. The lowest BCUT2D eigenvalue weighted by atomic mass is 10.2. The van der Waals surface area contributed by atoms with Gasteiger partial charge in [-0.25, -0.2) is 4.79 Å². The zero-order valence-corrected chi connectivity index (χ0v) is 9.57. The highest BCUT2D eigenvalue weighted by molar-refractivity contribution is 5.89. The molecule has 5 heteroatoms. The van der Waals surface area contributed by atoms with E-state index in [2.05, 4.69) is 15.7 Å². The van der Waals surface area contributed by atoms with Crippen LogP contribution in [0.5, 0.6) is 0 Å². The Kier molecular flexibility index (Phi) is 3.44. The van der Waals surface area contributed by atoms with Crippen molar-refractivity contribution < 1.29 is 4.79 Å². The number of rotatable bonds is 3. The van der Waals surface area contributed by atoms with Crippen LogP contribution >= 0.6 is 0 Å². The zero-order valence-electron chi connectivity index (χ0n) is 9.57. The Morgan fingerprint density at radius 1 is 1.56 bits per heavy atom. The largest absolute Gasteiger partial charge is 0.335 e. The predicted molar refractivity (Wildman–Crippen MR) is 62.3 cm³/mol. The first-order chi connectivity index (χ1) is 7.78. The summed E-state index contributed by atoms with van der Waals surface area (Å²) in [6, 6.07) is 0.226. The van der Waals surface area contributed by atoms with Crippen LogP contribution in [0.15, 0.2) is 12.4 Å². The van der Waals surface area contributed by atoms with Crippen LogP contribution in [0.2, 0.25) is 0 Å². The molecule has 0 aliphatic heterocycles. The van der Waals surface area contributed by atoms with Crippen molar-refractivity contribution in [2.24, 2.45) is 0 Å². The summed E-state index contributed by atoms with van der Waals surface area (Å²) < 4.78 is 1.78. The van der Waals surface area contributed by atoms with Crippen molar-refractivity contribution in [1.82, 2.24) is 15.1 Å². The first-order valence-electron chi connectivity index (χ1n) is 5.88. The molecular formula is C11H18N4O. The van der Waals surface area contributed by atoms with Gasteiger partial charge in [0.25, 0.3) is 0 Å². The molecule has 1 aromatic rings. The average Bonchev–Trinajstić information content (AvgIpc) is 2.89. The van der Waals surface area contributed by atoms with E-state index < -0.39 is 0 Å². The number of carbonyl (C=O) groups is 1. The van der Waals surface area contributed by atoms with Gasteiger partial charge in [-0.05, 0) is 19.8 Å². The van der Waals surface area contributed by atoms with E-state index in [0.717, 1.165) is 25.1 Å². The highest BCUT2D eigenvalue weighted by Gasteiger charge is 2.17. The first kappa shape index (κ1) is 11.0. The van der Waals surface area contributed by atoms with Gasteiger partial charge in [0.2, 0.25) is 0 Å². The number of nitrogens with one attached hydrogen (secondary N) is 2. The smallest absolute Gasteiger partial charge is 0.319 e. The van der Waals surface area contributed by atoms with E-state index in [1.165, 1.54) is 12.8 Å². The third kappa shape index (κ3) is 2.74. The number of carbonyl (C=O) groups excluding carboxylic acids is 1. The van der Waals surface area contributed by atoms with Crippen LogP contribution < -0.4 is 10.6 Å². The SMILES string of the molecule is CCn1cc(NC(=O)NC2CCCC2)cn1. The van der Waals surface area contributed by atoms with Crippen molar-refractivity contribution in [3.63, 3.8) is 0 Å². The van der Waals surface area contributed by atoms with E-state index in [1.54, 1.807) is 10.9 Å². The molecule has 0 radical (unpaired) electrons. The molecule has 1 fully saturated rings. The lowest BCUT2D eigenvalue weighted by Gasteiger charge is -2.11. The molecule has 5 nitrogen and oxygen atoms in total. The summed E-state index contributed by atoms with van der Waals surface area (Å²) in [4.78, 5) is 11.6. The average molecular weight is 222 g/mol. The molecule has 16 heavy (non-hydrogen) atoms. The number of urea groups is 1. The molecule has 0 aromatic carbocycles. The number of hydrogen-bond acceptors (Lipinski definition) is 2. The van der Waals surface area contributed by atoms with Gasteiger partial charge in [-0.1, -0.05) is 12.8 Å². The van der Waals surface area contributed by atoms with Crippen LogP contribution in [0.25, 0.3) is 0 Å². The number of hydrogen-bond donors (Lipinski definition) is 2. The molecular weight excluding hydrogens is 204 g/mol. The molecule has 0 spiro atoms. The van der Waals surface area contributed by atoms with E-state index >= 15 is 0 Å². The summed E-state index contributed by atoms with van der Waals surface area (Å²) in [7, 11) is 0. The predicted octanol–water partition coefficient (Wildman–Crippen LogP) is 1.97. The minimum absolute atomic E-state index is 0.123. The second-order valence-electron chi connectivity index (χ2n) is 4.16. The normalized spacial score (nSPS) is 16.3. The first-order valence-corrected chi connectivity index (χ1v) is 5.88. The van der Waals surface area contributed by atoms with Gasteiger partial charge in [0.1, 0.15) is 0 Å². The maximum atomic E-state index is 11.6. The summed E-state index contributed by atoms with van der Waals surface area (Å²) >= 11 is 0. The minimum atomic E-state index is -0.123. The summed E-state index contributed by atoms with van der Waals surface area (Å²) in [6.45, 7) is 2.82. The van der Waals surface area contributed by atoms with Crippen molar-refractivity contribution in [3.8, 4) is 0 Å². The monoisotopic (exact) mass is 222 g/mol. The van der Waals surface area contributed by atoms with Gasteiger partial charge < -0.3 is 10.6 Å². The molecule has 2 rings (SSSR count). The van der Waals surface area contributed by atoms with Crippen LogP contribution in [0.1, 0.15) is 32.6 Å². The standard InChI is InChI=1S/C11H18N4O/c1-2-15-8-10(7-12-15)14-11(16)13-9-5-3-4-6-9/h7-9H,2-6H2,1H3,(H2,13,14,16). The molecule has 1 aliphatic carbocycles. The Morgan fingerprint density at radius 3 is 2.94 bits per heavy atom. The van der Waals surface area contributed by atoms with Crippen LogP contribution in [-0.4, -0.2) is 21.9 Å². The Hall–Kier alpha value is -1.52. The van der Waals surface area contributed by atoms with Gasteiger partial charge in [-0.2, -0.15) is 5.10 Å². The lowest BCUT2D eigenvalue weighted by Crippen LogP contribution is -2.36. The number of aromatic nitrogens is 2. The molecule has 1 heterocycles. The Balaban J connectivity index is 1.81. The molecule has 0 atom stereocenters. The van der Waals surface area contributed by atoms with E-state index in [9.17, 15) is 4.79 Å². The van der Waals surface area contributed by atoms with Gasteiger partial charge in [0.15, 0.2) is 0 Å². The number of amides is 2. The second-order valence-corrected chi connectivity index (χ2v) is 4.16. The maximum Gasteiger partial charge on any atom is 0.319 e. The topological polar surface area (TPSA) is 59.0 Å². The highest BCUT2D eigenvalue weighted by atomic mass is 16.2. The fourth-order valence-corrected chi connectivity index (χ4v) is 2.02. The summed E-state index contributed by atoms with van der Waals surface area (Å²) in [5.74, 6) is 0. The highest BCUT2D eigenvalue weighted by Crippen LogP contribution is 2.17. The van der Waals surface area contributed by atoms with Crippen LogP contribution in [0, 0.1) is 0 Å². The molecule has 0 unspecified atom stereocenters. The van der Waals surface area contributed by atoms with Crippen molar-refractivity contribution >= 4 is 11.7 Å². The van der Waals surface area contributed by atoms with Crippen molar-refractivity contribution in [3.05, 3.63) is 12.4 Å². The third-order valence-corrected chi connectivity index (χ3v) is 2.91. The third-order valence-electron chi connectivity index (χ3n) is 2.91. The zero-order chi connectivity index (χ0) is 11.4. The summed E-state index contributed by atoms with van der Waals surface area (Å²) in [5.41, 5.74) is 0.748. The van der Waals surface area contributed by atoms with Gasteiger partial charge in [0, 0.05) is 18.8 Å².